The van der Waals surface area contributed by atoms with Crippen LogP contribution >= 0.6 is 34.8 Å². The Balaban J connectivity index is 2.04. The minimum atomic E-state index is -1.18. The highest BCUT2D eigenvalue weighted by molar-refractivity contribution is 6.37. The maximum atomic E-state index is 13.0. The molecule has 3 aromatic rings. The van der Waals surface area contributed by atoms with Gasteiger partial charge >= 0.3 is 11.7 Å². The van der Waals surface area contributed by atoms with Gasteiger partial charge in [0.25, 0.3) is 0 Å². The Morgan fingerprint density at radius 1 is 1.18 bits per heavy atom. The Bertz CT molecular complexity index is 1180. The third-order valence-electron chi connectivity index (χ3n) is 3.83. The lowest BCUT2D eigenvalue weighted by molar-refractivity contribution is 0.103. The Kier molecular flexibility index (Phi) is 5.38. The van der Waals surface area contributed by atoms with Crippen molar-refractivity contribution in [3.63, 3.8) is 0 Å². The second-order valence-corrected chi connectivity index (χ2v) is 6.99. The molecule has 146 valence electrons. The molecule has 0 atom stereocenters. The molecule has 8 nitrogen and oxygen atoms in total. The van der Waals surface area contributed by atoms with E-state index in [1.54, 1.807) is 6.92 Å². The van der Waals surface area contributed by atoms with Gasteiger partial charge in [-0.15, -0.1) is 0 Å². The molecule has 0 fully saturated rings. The second kappa shape index (κ2) is 7.46. The van der Waals surface area contributed by atoms with E-state index in [1.165, 1.54) is 36.9 Å². The van der Waals surface area contributed by atoms with E-state index in [-0.39, 0.29) is 32.8 Å². The van der Waals surface area contributed by atoms with E-state index in [1.807, 2.05) is 0 Å². The van der Waals surface area contributed by atoms with Crippen LogP contribution in [0.15, 0.2) is 27.5 Å². The average molecular weight is 445 g/mol. The Morgan fingerprint density at radius 3 is 2.43 bits per heavy atom. The first kappa shape index (κ1) is 20.2. The zero-order valence-electron chi connectivity index (χ0n) is 14.7. The summed E-state index contributed by atoms with van der Waals surface area (Å²) in [6, 6.07) is 4.37. The molecule has 1 aromatic carbocycles. The molecule has 0 spiro atoms. The van der Waals surface area contributed by atoms with Crippen LogP contribution in [0.4, 0.5) is 4.79 Å². The van der Waals surface area contributed by atoms with E-state index in [9.17, 15) is 14.4 Å². The van der Waals surface area contributed by atoms with Crippen LogP contribution in [0.2, 0.25) is 15.1 Å². The Labute approximate surface area is 173 Å². The van der Waals surface area contributed by atoms with Gasteiger partial charge in [-0.1, -0.05) is 39.5 Å². The largest absolute Gasteiger partial charge is 0.458 e. The van der Waals surface area contributed by atoms with Gasteiger partial charge < -0.3 is 9.26 Å². The van der Waals surface area contributed by atoms with Gasteiger partial charge in [-0.05, 0) is 32.0 Å². The summed E-state index contributed by atoms with van der Waals surface area (Å²) in [6.45, 7) is 2.98. The molecule has 2 heterocycles. The molecule has 0 aliphatic rings. The molecule has 28 heavy (non-hydrogen) atoms. The zero-order valence-corrected chi connectivity index (χ0v) is 17.0. The number of hydrogen-bond donors (Lipinski definition) is 0. The van der Waals surface area contributed by atoms with E-state index in [0.717, 1.165) is 0 Å². The molecular formula is C17H12Cl3N3O5. The summed E-state index contributed by atoms with van der Waals surface area (Å²) < 4.78 is 11.7. The molecule has 2 aromatic heterocycles. The fourth-order valence-electron chi connectivity index (χ4n) is 2.53. The number of hydrogen-bond acceptors (Lipinski definition) is 6. The summed E-state index contributed by atoms with van der Waals surface area (Å²) in [5.41, 5.74) is -0.435. The number of aromatic nitrogens is 3. The first-order valence-corrected chi connectivity index (χ1v) is 8.89. The number of ether oxygens (including phenoxy) is 1. The molecule has 0 saturated heterocycles. The fraction of sp³-hybridized carbons (Fsp3) is 0.176. The van der Waals surface area contributed by atoms with Crippen molar-refractivity contribution in [2.45, 2.75) is 13.8 Å². The number of benzene rings is 1. The molecule has 0 aliphatic heterocycles. The fourth-order valence-corrected chi connectivity index (χ4v) is 3.13. The number of halogens is 3. The van der Waals surface area contributed by atoms with E-state index >= 15 is 0 Å². The highest BCUT2D eigenvalue weighted by atomic mass is 35.5. The summed E-state index contributed by atoms with van der Waals surface area (Å²) in [6.07, 6.45) is -1.18. The first-order chi connectivity index (χ1) is 13.1. The normalized spacial score (nSPS) is 10.9. The minimum absolute atomic E-state index is 0.00231. The maximum absolute atomic E-state index is 13.0. The van der Waals surface area contributed by atoms with Crippen molar-refractivity contribution in [3.05, 3.63) is 66.2 Å². The van der Waals surface area contributed by atoms with E-state index in [2.05, 4.69) is 5.10 Å². The monoisotopic (exact) mass is 443 g/mol. The third kappa shape index (κ3) is 3.46. The molecule has 0 amide bonds. The van der Waals surface area contributed by atoms with Crippen molar-refractivity contribution in [1.82, 2.24) is 14.5 Å². The van der Waals surface area contributed by atoms with Gasteiger partial charge in [0, 0.05) is 17.6 Å². The SMILES string of the molecule is Cc1nn(C)c(OC(=O)n2oc(C)c(Cl)c2=O)c1C(=O)c1ccc(Cl)cc1Cl. The maximum Gasteiger partial charge on any atom is 0.458 e. The molecule has 3 rings (SSSR count). The minimum Gasteiger partial charge on any atom is -0.388 e. The summed E-state index contributed by atoms with van der Waals surface area (Å²) in [5.74, 6) is -0.666. The van der Waals surface area contributed by atoms with Crippen LogP contribution in [-0.2, 0) is 7.05 Å². The topological polar surface area (TPSA) is 96.3 Å². The molecule has 0 N–H and O–H groups in total. The van der Waals surface area contributed by atoms with Crippen LogP contribution in [0.3, 0.4) is 0 Å². The molecule has 11 heteroatoms. The second-order valence-electron chi connectivity index (χ2n) is 5.77. The summed E-state index contributed by atoms with van der Waals surface area (Å²) in [4.78, 5) is 37.3. The van der Waals surface area contributed by atoms with Gasteiger partial charge in [0.1, 0.15) is 10.6 Å². The molecule has 0 unspecified atom stereocenters. The highest BCUT2D eigenvalue weighted by Gasteiger charge is 2.28. The summed E-state index contributed by atoms with van der Waals surface area (Å²) in [7, 11) is 1.47. The van der Waals surface area contributed by atoms with Crippen LogP contribution < -0.4 is 10.3 Å². The molecule has 0 saturated carbocycles. The lowest BCUT2D eigenvalue weighted by atomic mass is 10.0. The Hall–Kier alpha value is -2.55. The van der Waals surface area contributed by atoms with Crippen molar-refractivity contribution >= 4 is 46.7 Å². The molecule has 0 aliphatic carbocycles. The first-order valence-electron chi connectivity index (χ1n) is 7.75. The summed E-state index contributed by atoms with van der Waals surface area (Å²) >= 11 is 17.7. The Morgan fingerprint density at radius 2 is 1.86 bits per heavy atom. The number of aryl methyl sites for hydroxylation is 3. The van der Waals surface area contributed by atoms with Crippen LogP contribution in [0.5, 0.6) is 5.88 Å². The van der Waals surface area contributed by atoms with Crippen molar-refractivity contribution in [1.29, 1.82) is 0 Å². The lowest BCUT2D eigenvalue weighted by Crippen LogP contribution is -2.27. The van der Waals surface area contributed by atoms with Gasteiger partial charge in [-0.3, -0.25) is 9.59 Å². The number of ketones is 1. The third-order valence-corrected chi connectivity index (χ3v) is 4.81. The van der Waals surface area contributed by atoms with Crippen molar-refractivity contribution in [3.8, 4) is 5.88 Å². The van der Waals surface area contributed by atoms with E-state index in [4.69, 9.17) is 44.1 Å². The van der Waals surface area contributed by atoms with Gasteiger partial charge in [-0.2, -0.15) is 5.10 Å². The van der Waals surface area contributed by atoms with Crippen LogP contribution in [-0.4, -0.2) is 26.4 Å². The van der Waals surface area contributed by atoms with Crippen molar-refractivity contribution < 1.29 is 18.8 Å². The number of rotatable bonds is 3. The van der Waals surface area contributed by atoms with Crippen LogP contribution in [0.25, 0.3) is 0 Å². The quantitative estimate of drug-likeness (QED) is 0.566. The highest BCUT2D eigenvalue weighted by Crippen LogP contribution is 2.29. The van der Waals surface area contributed by atoms with Gasteiger partial charge in [0.2, 0.25) is 11.7 Å². The van der Waals surface area contributed by atoms with Crippen LogP contribution in [0.1, 0.15) is 27.4 Å². The predicted octanol–water partition coefficient (Wildman–Crippen LogP) is 4.03. The smallest absolute Gasteiger partial charge is 0.388 e. The van der Waals surface area contributed by atoms with Crippen LogP contribution in [0, 0.1) is 13.8 Å². The number of carbonyl (C=O) groups excluding carboxylic acids is 2. The summed E-state index contributed by atoms with van der Waals surface area (Å²) in [5, 5.41) is 4.34. The molecule has 0 radical (unpaired) electrons. The number of nitrogens with zero attached hydrogens (tertiary/aromatic N) is 3. The van der Waals surface area contributed by atoms with E-state index < -0.39 is 17.4 Å². The molecular weight excluding hydrogens is 433 g/mol. The zero-order chi connectivity index (χ0) is 20.7. The number of carbonyl (C=O) groups is 2. The molecule has 0 bridgehead atoms. The average Bonchev–Trinajstić information content (AvgIpc) is 3.04. The van der Waals surface area contributed by atoms with Gasteiger partial charge in [0.15, 0.2) is 5.76 Å². The predicted molar refractivity (Wildman–Crippen MR) is 102 cm³/mol. The van der Waals surface area contributed by atoms with Gasteiger partial charge in [0.05, 0.1) is 10.7 Å². The standard InChI is InChI=1S/C17H12Cl3N3O5/c1-7-12(14(24)10-5-4-9(18)6-11(10)19)16(22(3)21-7)27-17(26)23-15(25)13(20)8(2)28-23/h4-6H,1-3H3. The van der Waals surface area contributed by atoms with Crippen molar-refractivity contribution in [2.75, 3.05) is 0 Å². The van der Waals surface area contributed by atoms with Crippen molar-refractivity contribution in [2.24, 2.45) is 7.05 Å². The van der Waals surface area contributed by atoms with Gasteiger partial charge in [-0.25, -0.2) is 9.48 Å². The van der Waals surface area contributed by atoms with E-state index in [0.29, 0.717) is 15.5 Å². The lowest BCUT2D eigenvalue weighted by Gasteiger charge is -2.08.